The van der Waals surface area contributed by atoms with E-state index in [0.717, 1.165) is 17.5 Å². The van der Waals surface area contributed by atoms with Crippen LogP contribution in [-0.2, 0) is 6.54 Å². The van der Waals surface area contributed by atoms with Crippen molar-refractivity contribution < 1.29 is 9.59 Å². The van der Waals surface area contributed by atoms with Crippen molar-refractivity contribution in [3.8, 4) is 0 Å². The lowest BCUT2D eigenvalue weighted by molar-refractivity contribution is 0.0942. The number of aryl methyl sites for hydroxylation is 1. The first-order valence-electron chi connectivity index (χ1n) is 8.69. The average molecular weight is 350 g/mol. The van der Waals surface area contributed by atoms with Crippen LogP contribution in [0.25, 0.3) is 5.52 Å². The van der Waals surface area contributed by atoms with Crippen LogP contribution in [0, 0.1) is 6.92 Å². The zero-order valence-corrected chi connectivity index (χ0v) is 15.0. The molecule has 0 atom stereocenters. The molecule has 0 spiro atoms. The predicted molar refractivity (Wildman–Crippen MR) is 100 cm³/mol. The molecule has 3 rings (SSSR count). The first-order valence-corrected chi connectivity index (χ1v) is 8.69. The maximum absolute atomic E-state index is 12.7. The van der Waals surface area contributed by atoms with Gasteiger partial charge in [0, 0.05) is 19.3 Å². The molecule has 26 heavy (non-hydrogen) atoms. The van der Waals surface area contributed by atoms with Crippen molar-refractivity contribution >= 4 is 17.3 Å². The average Bonchev–Trinajstić information content (AvgIpc) is 3.05. The molecule has 1 aromatic carbocycles. The zero-order chi connectivity index (χ0) is 18.5. The number of hydrogen-bond acceptors (Lipinski definition) is 3. The van der Waals surface area contributed by atoms with Crippen LogP contribution in [0.5, 0.6) is 0 Å². The lowest BCUT2D eigenvalue weighted by atomic mass is 10.1. The Morgan fingerprint density at radius 2 is 1.81 bits per heavy atom. The van der Waals surface area contributed by atoms with Gasteiger partial charge in [-0.25, -0.2) is 4.98 Å². The summed E-state index contributed by atoms with van der Waals surface area (Å²) in [4.78, 5) is 29.3. The highest BCUT2D eigenvalue weighted by Gasteiger charge is 2.21. The Morgan fingerprint density at radius 1 is 1.04 bits per heavy atom. The summed E-state index contributed by atoms with van der Waals surface area (Å²) in [7, 11) is 0. The molecule has 0 bridgehead atoms. The van der Waals surface area contributed by atoms with Gasteiger partial charge in [0.25, 0.3) is 11.8 Å². The van der Waals surface area contributed by atoms with Crippen molar-refractivity contribution in [2.24, 2.45) is 0 Å². The number of pyridine rings is 1. The van der Waals surface area contributed by atoms with E-state index in [0.29, 0.717) is 18.6 Å². The second-order valence-electron chi connectivity index (χ2n) is 6.10. The lowest BCUT2D eigenvalue weighted by Crippen LogP contribution is -2.26. The lowest BCUT2D eigenvalue weighted by Gasteiger charge is -2.06. The topological polar surface area (TPSA) is 75.5 Å². The van der Waals surface area contributed by atoms with Crippen molar-refractivity contribution in [3.63, 3.8) is 0 Å². The number of imidazole rings is 1. The van der Waals surface area contributed by atoms with E-state index in [2.05, 4.69) is 15.6 Å². The van der Waals surface area contributed by atoms with Crippen LogP contribution in [0.4, 0.5) is 0 Å². The number of fused-ring (bicyclic) bond motifs is 1. The molecule has 6 nitrogen and oxygen atoms in total. The standard InChI is InChI=1S/C20H22N4O2/c1-3-11-21-20(26)18-23-17(16-10-6-7-12-24(16)18)19(25)22-13-15-9-5-4-8-14(15)2/h4-10,12H,3,11,13H2,1-2H3,(H,21,26)(H,22,25). The Kier molecular flexibility index (Phi) is 5.31. The smallest absolute Gasteiger partial charge is 0.287 e. The van der Waals surface area contributed by atoms with Crippen molar-refractivity contribution in [2.45, 2.75) is 26.8 Å². The molecule has 3 aromatic rings. The molecule has 0 radical (unpaired) electrons. The minimum Gasteiger partial charge on any atom is -0.349 e. The number of nitrogens with one attached hydrogen (secondary N) is 2. The summed E-state index contributed by atoms with van der Waals surface area (Å²) in [6, 6.07) is 13.3. The van der Waals surface area contributed by atoms with E-state index in [4.69, 9.17) is 0 Å². The van der Waals surface area contributed by atoms with Gasteiger partial charge in [-0.05, 0) is 36.6 Å². The van der Waals surface area contributed by atoms with E-state index >= 15 is 0 Å². The summed E-state index contributed by atoms with van der Waals surface area (Å²) < 4.78 is 1.65. The second-order valence-corrected chi connectivity index (χ2v) is 6.10. The van der Waals surface area contributed by atoms with Gasteiger partial charge in [-0.2, -0.15) is 0 Å². The number of rotatable bonds is 6. The van der Waals surface area contributed by atoms with Crippen LogP contribution in [0.2, 0.25) is 0 Å². The van der Waals surface area contributed by atoms with Gasteiger partial charge in [0.05, 0.1) is 5.52 Å². The first-order chi connectivity index (χ1) is 12.6. The fourth-order valence-electron chi connectivity index (χ4n) is 2.75. The third-order valence-electron chi connectivity index (χ3n) is 4.20. The summed E-state index contributed by atoms with van der Waals surface area (Å²) in [5, 5.41) is 5.70. The zero-order valence-electron chi connectivity index (χ0n) is 15.0. The molecule has 134 valence electrons. The van der Waals surface area contributed by atoms with E-state index in [1.165, 1.54) is 0 Å². The summed E-state index contributed by atoms with van der Waals surface area (Å²) >= 11 is 0. The van der Waals surface area contributed by atoms with E-state index in [1.807, 2.05) is 44.2 Å². The van der Waals surface area contributed by atoms with Crippen molar-refractivity contribution in [1.29, 1.82) is 0 Å². The number of carbonyl (C=O) groups is 2. The Bertz CT molecular complexity index is 946. The molecule has 2 N–H and O–H groups in total. The van der Waals surface area contributed by atoms with E-state index < -0.39 is 0 Å². The Morgan fingerprint density at radius 3 is 2.58 bits per heavy atom. The van der Waals surface area contributed by atoms with Crippen LogP contribution in [0.1, 0.15) is 45.6 Å². The highest BCUT2D eigenvalue weighted by atomic mass is 16.2. The van der Waals surface area contributed by atoms with Crippen molar-refractivity contribution in [1.82, 2.24) is 20.0 Å². The summed E-state index contributed by atoms with van der Waals surface area (Å²) in [6.07, 6.45) is 2.57. The molecule has 0 aliphatic heterocycles. The van der Waals surface area contributed by atoms with Crippen LogP contribution in [0.3, 0.4) is 0 Å². The SMILES string of the molecule is CCCNC(=O)c1nc(C(=O)NCc2ccccc2C)c2ccccn12. The van der Waals surface area contributed by atoms with Crippen LogP contribution >= 0.6 is 0 Å². The summed E-state index contributed by atoms with van der Waals surface area (Å²) in [5.41, 5.74) is 3.02. The fourth-order valence-corrected chi connectivity index (χ4v) is 2.75. The van der Waals surface area contributed by atoms with Crippen LogP contribution in [0.15, 0.2) is 48.7 Å². The minimum absolute atomic E-state index is 0.218. The van der Waals surface area contributed by atoms with Gasteiger partial charge in [0.15, 0.2) is 5.69 Å². The molecular formula is C20H22N4O2. The third-order valence-corrected chi connectivity index (χ3v) is 4.20. The Hall–Kier alpha value is -3.15. The van der Waals surface area contributed by atoms with Gasteiger partial charge in [-0.15, -0.1) is 0 Å². The molecule has 0 saturated heterocycles. The number of aromatic nitrogens is 2. The highest BCUT2D eigenvalue weighted by Crippen LogP contribution is 2.14. The molecule has 0 aliphatic rings. The number of amides is 2. The predicted octanol–water partition coefficient (Wildman–Crippen LogP) is 2.71. The van der Waals surface area contributed by atoms with E-state index in [-0.39, 0.29) is 23.3 Å². The quantitative estimate of drug-likeness (QED) is 0.718. The number of hydrogen-bond donors (Lipinski definition) is 2. The molecule has 0 saturated carbocycles. The first kappa shape index (κ1) is 17.7. The summed E-state index contributed by atoms with van der Waals surface area (Å²) in [6.45, 7) is 4.96. The second kappa shape index (κ2) is 7.82. The largest absolute Gasteiger partial charge is 0.349 e. The van der Waals surface area contributed by atoms with Gasteiger partial charge in [0.2, 0.25) is 5.82 Å². The molecule has 2 amide bonds. The molecular weight excluding hydrogens is 328 g/mol. The molecule has 2 heterocycles. The van der Waals surface area contributed by atoms with Gasteiger partial charge < -0.3 is 10.6 Å². The maximum Gasteiger partial charge on any atom is 0.287 e. The normalized spacial score (nSPS) is 10.7. The monoisotopic (exact) mass is 350 g/mol. The number of benzene rings is 1. The summed E-state index contributed by atoms with van der Waals surface area (Å²) in [5.74, 6) is -0.368. The number of carbonyl (C=O) groups excluding carboxylic acids is 2. The molecule has 0 aliphatic carbocycles. The van der Waals surface area contributed by atoms with E-state index in [9.17, 15) is 9.59 Å². The third kappa shape index (κ3) is 3.59. The van der Waals surface area contributed by atoms with Crippen molar-refractivity contribution in [3.05, 3.63) is 71.3 Å². The molecule has 0 fully saturated rings. The van der Waals surface area contributed by atoms with Gasteiger partial charge >= 0.3 is 0 Å². The Labute approximate surface area is 152 Å². The molecule has 6 heteroatoms. The van der Waals surface area contributed by atoms with Gasteiger partial charge in [-0.3, -0.25) is 14.0 Å². The fraction of sp³-hybridized carbons (Fsp3) is 0.250. The van der Waals surface area contributed by atoms with E-state index in [1.54, 1.807) is 22.7 Å². The highest BCUT2D eigenvalue weighted by molar-refractivity contribution is 6.02. The minimum atomic E-state index is -0.300. The Balaban J connectivity index is 1.86. The molecule has 0 unspecified atom stereocenters. The van der Waals surface area contributed by atoms with Gasteiger partial charge in [0.1, 0.15) is 0 Å². The molecule has 2 aromatic heterocycles. The van der Waals surface area contributed by atoms with Crippen molar-refractivity contribution in [2.75, 3.05) is 6.54 Å². The number of nitrogens with zero attached hydrogens (tertiary/aromatic N) is 2. The maximum atomic E-state index is 12.7. The van der Waals surface area contributed by atoms with Gasteiger partial charge in [-0.1, -0.05) is 37.3 Å². The van der Waals surface area contributed by atoms with Crippen LogP contribution in [-0.4, -0.2) is 27.7 Å². The van der Waals surface area contributed by atoms with Crippen LogP contribution < -0.4 is 10.6 Å².